The highest BCUT2D eigenvalue weighted by molar-refractivity contribution is 7.26. The number of pyridine rings is 3. The van der Waals surface area contributed by atoms with Crippen molar-refractivity contribution in [1.29, 1.82) is 0 Å². The second-order valence-electron chi connectivity index (χ2n) is 12.5. The molecule has 0 atom stereocenters. The first-order valence-corrected chi connectivity index (χ1v) is 17.2. The molecule has 0 saturated heterocycles. The van der Waals surface area contributed by atoms with E-state index in [1.165, 1.54) is 36.9 Å². The molecule has 49 heavy (non-hydrogen) atoms. The van der Waals surface area contributed by atoms with Gasteiger partial charge in [-0.15, -0.1) is 11.3 Å². The normalized spacial score (nSPS) is 11.7. The summed E-state index contributed by atoms with van der Waals surface area (Å²) in [5, 5.41) is 5.93. The van der Waals surface area contributed by atoms with Gasteiger partial charge in [0, 0.05) is 66.0 Å². The molecule has 0 aliphatic carbocycles. The van der Waals surface area contributed by atoms with Gasteiger partial charge < -0.3 is 0 Å². The number of fused-ring (bicyclic) bond motifs is 7. The lowest BCUT2D eigenvalue weighted by Crippen LogP contribution is -1.89. The van der Waals surface area contributed by atoms with Crippen molar-refractivity contribution < 1.29 is 0 Å². The molecule has 10 rings (SSSR count). The zero-order chi connectivity index (χ0) is 32.3. The van der Waals surface area contributed by atoms with Gasteiger partial charge in [-0.25, -0.2) is 0 Å². The van der Waals surface area contributed by atoms with Crippen LogP contribution in [0.3, 0.4) is 0 Å². The first-order chi connectivity index (χ1) is 24.2. The minimum Gasteiger partial charge on any atom is -0.256 e. The Hall–Kier alpha value is -6.23. The maximum Gasteiger partial charge on any atom is 0.0964 e. The summed E-state index contributed by atoms with van der Waals surface area (Å²) in [6.07, 6.45) is 5.79. The Labute approximate surface area is 286 Å². The van der Waals surface area contributed by atoms with Gasteiger partial charge in [-0.05, 0) is 81.9 Å². The van der Waals surface area contributed by atoms with Crippen LogP contribution in [-0.2, 0) is 0 Å². The molecular weight excluding hydrogens is 615 g/mol. The molecule has 0 spiro atoms. The molecule has 0 N–H and O–H groups in total. The van der Waals surface area contributed by atoms with E-state index in [0.29, 0.717) is 0 Å². The van der Waals surface area contributed by atoms with Gasteiger partial charge in [0.05, 0.1) is 16.6 Å². The molecular formula is C45H27N3S. The SMILES string of the molecule is c1ccc2ncc(-c3cc(-c4ccc(-c5cnc6c(ccc7cccnc76)c5)cc4)cc(-c4cccc5c4sc4ccccc45)c3)cc2c1. The van der Waals surface area contributed by atoms with E-state index in [1.807, 2.05) is 42.1 Å². The fourth-order valence-electron chi connectivity index (χ4n) is 7.07. The van der Waals surface area contributed by atoms with E-state index in [-0.39, 0.29) is 0 Å². The Balaban J connectivity index is 1.11. The average Bonchev–Trinajstić information content (AvgIpc) is 3.56. The third-order valence-electron chi connectivity index (χ3n) is 9.55. The molecule has 4 heteroatoms. The first kappa shape index (κ1) is 27.8. The standard InChI is InChI=1S/C45H27N3S/c1-3-12-41-31(7-1)21-37(26-47-41)34-23-33(24-35(25-34)38-10-5-11-40-39-9-2-4-13-42(39)49-45(38)40)28-14-16-29(17-15-28)36-22-32-19-18-30-8-6-20-46-43(30)44(32)48-27-36/h1-27H. The summed E-state index contributed by atoms with van der Waals surface area (Å²) >= 11 is 1.87. The summed E-state index contributed by atoms with van der Waals surface area (Å²) in [5.41, 5.74) is 12.1. The van der Waals surface area contributed by atoms with E-state index in [4.69, 9.17) is 9.97 Å². The van der Waals surface area contributed by atoms with Crippen molar-refractivity contribution in [3.8, 4) is 44.5 Å². The van der Waals surface area contributed by atoms with Crippen molar-refractivity contribution >= 4 is 64.2 Å². The number of hydrogen-bond acceptors (Lipinski definition) is 4. The van der Waals surface area contributed by atoms with E-state index >= 15 is 0 Å². The van der Waals surface area contributed by atoms with E-state index in [9.17, 15) is 0 Å². The molecule has 4 aromatic heterocycles. The smallest absolute Gasteiger partial charge is 0.0964 e. The van der Waals surface area contributed by atoms with Gasteiger partial charge in [0.25, 0.3) is 0 Å². The fraction of sp³-hybridized carbons (Fsp3) is 0. The first-order valence-electron chi connectivity index (χ1n) is 16.4. The lowest BCUT2D eigenvalue weighted by molar-refractivity contribution is 1.37. The van der Waals surface area contributed by atoms with Crippen molar-refractivity contribution in [2.75, 3.05) is 0 Å². The van der Waals surface area contributed by atoms with Crippen LogP contribution in [0.5, 0.6) is 0 Å². The average molecular weight is 642 g/mol. The van der Waals surface area contributed by atoms with Crippen molar-refractivity contribution in [1.82, 2.24) is 15.0 Å². The van der Waals surface area contributed by atoms with Gasteiger partial charge in [-0.2, -0.15) is 0 Å². The summed E-state index contributed by atoms with van der Waals surface area (Å²) in [6.45, 7) is 0. The van der Waals surface area contributed by atoms with Crippen LogP contribution in [0.15, 0.2) is 164 Å². The van der Waals surface area contributed by atoms with Crippen molar-refractivity contribution in [3.05, 3.63) is 164 Å². The molecule has 228 valence electrons. The zero-order valence-electron chi connectivity index (χ0n) is 26.3. The Bertz CT molecular complexity index is 2890. The zero-order valence-corrected chi connectivity index (χ0v) is 27.2. The third kappa shape index (κ3) is 4.76. The fourth-order valence-corrected chi connectivity index (χ4v) is 8.31. The minimum atomic E-state index is 0.930. The van der Waals surface area contributed by atoms with Gasteiger partial charge >= 0.3 is 0 Å². The van der Waals surface area contributed by atoms with Crippen LogP contribution in [0.4, 0.5) is 0 Å². The summed E-state index contributed by atoms with van der Waals surface area (Å²) in [6, 6.07) is 52.3. The highest BCUT2D eigenvalue weighted by Gasteiger charge is 2.14. The van der Waals surface area contributed by atoms with Crippen molar-refractivity contribution in [2.45, 2.75) is 0 Å². The molecule has 10 aromatic rings. The summed E-state index contributed by atoms with van der Waals surface area (Å²) in [7, 11) is 0. The molecule has 0 aliphatic heterocycles. The van der Waals surface area contributed by atoms with E-state index in [1.54, 1.807) is 0 Å². The molecule has 0 saturated carbocycles. The van der Waals surface area contributed by atoms with Crippen LogP contribution in [0.2, 0.25) is 0 Å². The molecule has 0 radical (unpaired) electrons. The summed E-state index contributed by atoms with van der Waals surface area (Å²) in [5.74, 6) is 0. The molecule has 0 fully saturated rings. The Morgan fingerprint density at radius 2 is 1.04 bits per heavy atom. The highest BCUT2D eigenvalue weighted by Crippen LogP contribution is 2.42. The molecule has 0 unspecified atom stereocenters. The van der Waals surface area contributed by atoms with Gasteiger partial charge in [0.2, 0.25) is 0 Å². The second kappa shape index (κ2) is 11.2. The van der Waals surface area contributed by atoms with Crippen molar-refractivity contribution in [3.63, 3.8) is 0 Å². The quantitative estimate of drug-likeness (QED) is 0.180. The summed E-state index contributed by atoms with van der Waals surface area (Å²) in [4.78, 5) is 14.3. The Kier molecular flexibility index (Phi) is 6.36. The molecule has 0 aliphatic rings. The molecule has 6 aromatic carbocycles. The van der Waals surface area contributed by atoms with Crippen LogP contribution in [0.25, 0.3) is 97.4 Å². The predicted molar refractivity (Wildman–Crippen MR) is 207 cm³/mol. The lowest BCUT2D eigenvalue weighted by Gasteiger charge is -2.13. The van der Waals surface area contributed by atoms with E-state index < -0.39 is 0 Å². The molecule has 3 nitrogen and oxygen atoms in total. The van der Waals surface area contributed by atoms with Crippen LogP contribution in [-0.4, -0.2) is 15.0 Å². The van der Waals surface area contributed by atoms with Crippen LogP contribution in [0.1, 0.15) is 0 Å². The summed E-state index contributed by atoms with van der Waals surface area (Å²) < 4.78 is 2.62. The van der Waals surface area contributed by atoms with Crippen molar-refractivity contribution in [2.24, 2.45) is 0 Å². The topological polar surface area (TPSA) is 38.7 Å². The van der Waals surface area contributed by atoms with Gasteiger partial charge in [0.15, 0.2) is 0 Å². The Morgan fingerprint density at radius 3 is 1.96 bits per heavy atom. The number of hydrogen-bond donors (Lipinski definition) is 0. The number of benzene rings is 6. The monoisotopic (exact) mass is 641 g/mol. The number of rotatable bonds is 4. The maximum atomic E-state index is 4.85. The van der Waals surface area contributed by atoms with Gasteiger partial charge in [-0.1, -0.05) is 97.1 Å². The number of thiophene rings is 1. The van der Waals surface area contributed by atoms with E-state index in [0.717, 1.165) is 60.5 Å². The second-order valence-corrected chi connectivity index (χ2v) is 13.6. The highest BCUT2D eigenvalue weighted by atomic mass is 32.1. The molecule has 0 amide bonds. The van der Waals surface area contributed by atoms with Gasteiger partial charge in [0.1, 0.15) is 0 Å². The van der Waals surface area contributed by atoms with Crippen LogP contribution in [0, 0.1) is 0 Å². The molecule has 0 bridgehead atoms. The maximum absolute atomic E-state index is 4.85. The van der Waals surface area contributed by atoms with Gasteiger partial charge in [-0.3, -0.25) is 15.0 Å². The van der Waals surface area contributed by atoms with Crippen LogP contribution >= 0.6 is 11.3 Å². The number of aromatic nitrogens is 3. The molecule has 4 heterocycles. The van der Waals surface area contributed by atoms with E-state index in [2.05, 4.69) is 138 Å². The number of nitrogens with zero attached hydrogens (tertiary/aromatic N) is 3. The largest absolute Gasteiger partial charge is 0.256 e. The lowest BCUT2D eigenvalue weighted by atomic mass is 9.92. The van der Waals surface area contributed by atoms with Crippen LogP contribution < -0.4 is 0 Å². The predicted octanol–water partition coefficient (Wildman–Crippen LogP) is 12.4. The minimum absolute atomic E-state index is 0.930. The third-order valence-corrected chi connectivity index (χ3v) is 10.8. The Morgan fingerprint density at radius 1 is 0.388 bits per heavy atom. The number of para-hydroxylation sites is 1.